The van der Waals surface area contributed by atoms with E-state index in [1.54, 1.807) is 6.20 Å². The summed E-state index contributed by atoms with van der Waals surface area (Å²) in [5, 5.41) is 21.2. The van der Waals surface area contributed by atoms with Crippen LogP contribution in [0.25, 0.3) is 0 Å². The predicted octanol–water partition coefficient (Wildman–Crippen LogP) is -0.0111. The number of β-amino-alcohol motifs (C(OH)–C–C–N with tert-alkyl or cyclic N) is 1. The highest BCUT2D eigenvalue weighted by molar-refractivity contribution is 6.02. The van der Waals surface area contributed by atoms with Crippen molar-refractivity contribution in [2.24, 2.45) is 10.9 Å². The van der Waals surface area contributed by atoms with Crippen LogP contribution in [0.2, 0.25) is 0 Å². The number of aryl methyl sites for hydroxylation is 1. The maximum Gasteiger partial charge on any atom is 0.174 e. The molecule has 1 aliphatic heterocycles. The summed E-state index contributed by atoms with van der Waals surface area (Å²) in [6.07, 6.45) is 2.74. The summed E-state index contributed by atoms with van der Waals surface area (Å²) in [7, 11) is 0. The van der Waals surface area contributed by atoms with Crippen molar-refractivity contribution in [3.8, 4) is 0 Å². The second-order valence-electron chi connectivity index (χ2n) is 5.22. The molecule has 0 bridgehead atoms. The molecule has 1 aromatic heterocycles. The molecule has 1 aliphatic rings. The van der Waals surface area contributed by atoms with Crippen molar-refractivity contribution in [2.45, 2.75) is 13.3 Å². The van der Waals surface area contributed by atoms with Crippen molar-refractivity contribution in [1.82, 2.24) is 9.88 Å². The minimum atomic E-state index is 0.0899. The predicted molar refractivity (Wildman–Crippen MR) is 81.8 cm³/mol. The van der Waals surface area contributed by atoms with Gasteiger partial charge in [0, 0.05) is 32.4 Å². The Balaban J connectivity index is 2.24. The number of hydrogen-bond donors (Lipinski definition) is 3. The Bertz CT molecular complexity index is 506. The van der Waals surface area contributed by atoms with Crippen molar-refractivity contribution in [1.29, 1.82) is 0 Å². The van der Waals surface area contributed by atoms with E-state index in [1.165, 1.54) is 0 Å². The lowest BCUT2D eigenvalue weighted by Crippen LogP contribution is -2.34. The molecular weight excluding hydrogens is 270 g/mol. The molecule has 116 valence electrons. The van der Waals surface area contributed by atoms with Gasteiger partial charge in [0.25, 0.3) is 0 Å². The topological polar surface area (TPSA) is 98.2 Å². The van der Waals surface area contributed by atoms with E-state index in [0.717, 1.165) is 44.0 Å². The van der Waals surface area contributed by atoms with Gasteiger partial charge in [-0.25, -0.2) is 4.98 Å². The first-order valence-corrected chi connectivity index (χ1v) is 7.19. The zero-order valence-corrected chi connectivity index (χ0v) is 12.4. The first kappa shape index (κ1) is 15.5. The summed E-state index contributed by atoms with van der Waals surface area (Å²) in [5.41, 5.74) is 7.43. The van der Waals surface area contributed by atoms with Crippen LogP contribution in [0.1, 0.15) is 17.5 Å². The molecule has 0 radical (unpaired) electrons. The number of aliphatic hydroxyl groups is 1. The summed E-state index contributed by atoms with van der Waals surface area (Å²) >= 11 is 0. The van der Waals surface area contributed by atoms with Crippen LogP contribution in [0.15, 0.2) is 17.4 Å². The first-order valence-electron chi connectivity index (χ1n) is 7.19. The van der Waals surface area contributed by atoms with Crippen LogP contribution in [0.5, 0.6) is 0 Å². The van der Waals surface area contributed by atoms with E-state index in [0.29, 0.717) is 12.1 Å². The lowest BCUT2D eigenvalue weighted by atomic mass is 10.1. The molecule has 7 heteroatoms. The van der Waals surface area contributed by atoms with Crippen molar-refractivity contribution >= 4 is 11.7 Å². The van der Waals surface area contributed by atoms with Gasteiger partial charge in [-0.2, -0.15) is 0 Å². The molecule has 7 nitrogen and oxygen atoms in total. The summed E-state index contributed by atoms with van der Waals surface area (Å²) in [5.74, 6) is 0.850. The second kappa shape index (κ2) is 7.24. The Hall–Kier alpha value is -1.86. The second-order valence-corrected chi connectivity index (χ2v) is 5.22. The minimum Gasteiger partial charge on any atom is -0.409 e. The van der Waals surface area contributed by atoms with Crippen molar-refractivity contribution < 1.29 is 10.3 Å². The SMILES string of the molecule is Cc1ccnc(N2CCCN(CCO)CC2)c1/C(N)=N/O. The quantitative estimate of drug-likeness (QED) is 0.312. The molecule has 1 fully saturated rings. The van der Waals surface area contributed by atoms with Crippen molar-refractivity contribution in [3.05, 3.63) is 23.4 Å². The molecule has 1 aromatic rings. The van der Waals surface area contributed by atoms with Crippen LogP contribution in [-0.2, 0) is 0 Å². The van der Waals surface area contributed by atoms with Crippen LogP contribution in [-0.4, -0.2) is 65.4 Å². The standard InChI is InChI=1S/C14H23N5O2/c1-11-3-4-16-14(12(11)13(15)17-21)19-6-2-5-18(7-8-19)9-10-20/h3-4,20-21H,2,5-10H2,1H3,(H2,15,17). The number of hydrogen-bond acceptors (Lipinski definition) is 6. The van der Waals surface area contributed by atoms with E-state index in [-0.39, 0.29) is 12.4 Å². The van der Waals surface area contributed by atoms with Crippen LogP contribution in [0.3, 0.4) is 0 Å². The third-order valence-electron chi connectivity index (χ3n) is 3.81. The van der Waals surface area contributed by atoms with Gasteiger partial charge in [0.1, 0.15) is 5.82 Å². The fourth-order valence-corrected chi connectivity index (χ4v) is 2.70. The molecule has 0 atom stereocenters. The largest absolute Gasteiger partial charge is 0.409 e. The lowest BCUT2D eigenvalue weighted by Gasteiger charge is -2.25. The fourth-order valence-electron chi connectivity index (χ4n) is 2.70. The highest BCUT2D eigenvalue weighted by atomic mass is 16.4. The molecule has 1 saturated heterocycles. The van der Waals surface area contributed by atoms with Crippen LogP contribution < -0.4 is 10.6 Å². The Kier molecular flexibility index (Phi) is 5.35. The monoisotopic (exact) mass is 293 g/mol. The van der Waals surface area contributed by atoms with Gasteiger partial charge in [-0.05, 0) is 31.5 Å². The number of aliphatic hydroxyl groups excluding tert-OH is 1. The van der Waals surface area contributed by atoms with Gasteiger partial charge in [-0.15, -0.1) is 0 Å². The Morgan fingerprint density at radius 3 is 2.90 bits per heavy atom. The third-order valence-corrected chi connectivity index (χ3v) is 3.81. The molecule has 0 amide bonds. The van der Waals surface area contributed by atoms with Gasteiger partial charge in [-0.3, -0.25) is 4.90 Å². The molecule has 0 aliphatic carbocycles. The van der Waals surface area contributed by atoms with Crippen molar-refractivity contribution in [2.75, 3.05) is 44.2 Å². The van der Waals surface area contributed by atoms with Gasteiger partial charge in [0.2, 0.25) is 0 Å². The molecule has 0 spiro atoms. The number of nitrogens with two attached hydrogens (primary N) is 1. The van der Waals surface area contributed by atoms with E-state index in [2.05, 4.69) is 19.9 Å². The van der Waals surface area contributed by atoms with E-state index in [9.17, 15) is 0 Å². The normalized spacial score (nSPS) is 17.8. The lowest BCUT2D eigenvalue weighted by molar-refractivity contribution is 0.204. The molecule has 2 rings (SSSR count). The highest BCUT2D eigenvalue weighted by Crippen LogP contribution is 2.22. The number of oxime groups is 1. The van der Waals surface area contributed by atoms with E-state index < -0.39 is 0 Å². The number of aromatic nitrogens is 1. The summed E-state index contributed by atoms with van der Waals surface area (Å²) in [4.78, 5) is 8.83. The average Bonchev–Trinajstić information content (AvgIpc) is 2.72. The fraction of sp³-hybridized carbons (Fsp3) is 0.571. The van der Waals surface area contributed by atoms with Gasteiger partial charge in [0.05, 0.1) is 12.2 Å². The zero-order valence-electron chi connectivity index (χ0n) is 12.4. The van der Waals surface area contributed by atoms with Gasteiger partial charge in [-0.1, -0.05) is 5.16 Å². The first-order chi connectivity index (χ1) is 10.2. The minimum absolute atomic E-state index is 0.0899. The summed E-state index contributed by atoms with van der Waals surface area (Å²) in [6.45, 7) is 6.30. The van der Waals surface area contributed by atoms with E-state index in [4.69, 9.17) is 16.0 Å². The van der Waals surface area contributed by atoms with E-state index >= 15 is 0 Å². The zero-order chi connectivity index (χ0) is 15.2. The number of pyridine rings is 1. The molecule has 2 heterocycles. The molecule has 21 heavy (non-hydrogen) atoms. The maximum absolute atomic E-state index is 9.05. The molecule has 4 N–H and O–H groups in total. The number of rotatable bonds is 4. The van der Waals surface area contributed by atoms with Crippen LogP contribution >= 0.6 is 0 Å². The third kappa shape index (κ3) is 3.62. The Morgan fingerprint density at radius 2 is 2.19 bits per heavy atom. The van der Waals surface area contributed by atoms with Crippen molar-refractivity contribution in [3.63, 3.8) is 0 Å². The van der Waals surface area contributed by atoms with Gasteiger partial charge < -0.3 is 20.9 Å². The summed E-state index contributed by atoms with van der Waals surface area (Å²) < 4.78 is 0. The maximum atomic E-state index is 9.05. The number of amidine groups is 1. The van der Waals surface area contributed by atoms with E-state index in [1.807, 2.05) is 13.0 Å². The molecular formula is C14H23N5O2. The van der Waals surface area contributed by atoms with Gasteiger partial charge in [0.15, 0.2) is 5.84 Å². The Morgan fingerprint density at radius 1 is 1.38 bits per heavy atom. The molecule has 0 aromatic carbocycles. The molecule has 0 saturated carbocycles. The summed E-state index contributed by atoms with van der Waals surface area (Å²) in [6, 6.07) is 1.85. The highest BCUT2D eigenvalue weighted by Gasteiger charge is 2.20. The Labute approximate surface area is 124 Å². The molecule has 0 unspecified atom stereocenters. The van der Waals surface area contributed by atoms with Crippen LogP contribution in [0, 0.1) is 6.92 Å². The average molecular weight is 293 g/mol. The number of nitrogens with zero attached hydrogens (tertiary/aromatic N) is 4. The number of anilines is 1. The smallest absolute Gasteiger partial charge is 0.174 e. The van der Waals surface area contributed by atoms with Crippen LogP contribution in [0.4, 0.5) is 5.82 Å². The van der Waals surface area contributed by atoms with Gasteiger partial charge >= 0.3 is 0 Å².